The normalized spacial score (nSPS) is 13.6. The van der Waals surface area contributed by atoms with Crippen molar-refractivity contribution in [2.24, 2.45) is 30.0 Å². The van der Waals surface area contributed by atoms with Crippen LogP contribution in [-0.4, -0.2) is 79.7 Å². The molecule has 24 nitrogen and oxygen atoms in total. The predicted molar refractivity (Wildman–Crippen MR) is 570 cm³/mol. The van der Waals surface area contributed by atoms with E-state index in [0.717, 1.165) is 130 Å². The fourth-order valence-corrected chi connectivity index (χ4v) is 29.0. The van der Waals surface area contributed by atoms with Gasteiger partial charge in [0, 0.05) is 0 Å². The standard InChI is InChI=1S/C112H72Cl2GeN24/c113-115(114)138-109-93-94(102(127-135-62-54-70-30-6-22-46-86(70)135)78-38-14-13-37-77(78)101(93)126-134-61-53-69-29-5-21-45-85(69)134)111(138)120-107-91-92(100(125-133-60-52-68-28-4-20-44-84(68)133)76-36-12-11-35-75(76)99(91)124-132-59-51-67-27-3-19-43-83(67)132)108(117-107)121-112-96-95(103(128-136-63-55-71-31-7-23-47-87(71)136)79-39-15-16-40-80(79)104(96)129-137-64-56-72-32-8-24-48-88(72)137)110(139(112)115)119-106-90-89(105(116-106)118-109)97(122-130-57-49-65-25-1-17-41-81(65)130)73-33-9-10-34-74(73)98(90)123-131-58-50-66-26-2-18-42-82(66)131/h1-64,122-129H. The molecule has 14 heterocycles. The summed E-state index contributed by atoms with van der Waals surface area (Å²) in [6.07, 6.45) is 16.6. The molecule has 0 fully saturated rings. The molecule has 26 aromatic rings. The van der Waals surface area contributed by atoms with Gasteiger partial charge in [0.15, 0.2) is 0 Å². The Hall–Kier alpha value is -18.2. The number of hydrogen-bond acceptors (Lipinski definition) is 14. The zero-order chi connectivity index (χ0) is 91.1. The van der Waals surface area contributed by atoms with Crippen LogP contribution in [0.2, 0.25) is 0 Å². The number of hydrogen-bond donors (Lipinski definition) is 8. The molecule has 27 heteroatoms. The summed E-state index contributed by atoms with van der Waals surface area (Å²) in [5.74, 6) is 1.66. The van der Waals surface area contributed by atoms with Gasteiger partial charge in [-0.05, 0) is 0 Å². The van der Waals surface area contributed by atoms with Gasteiger partial charge in [0.1, 0.15) is 0 Å². The first-order valence-corrected chi connectivity index (χ1v) is 53.3. The van der Waals surface area contributed by atoms with Gasteiger partial charge in [0.25, 0.3) is 0 Å². The molecular formula is C112H72Cl2GeN24. The van der Waals surface area contributed by atoms with Crippen LogP contribution in [0.5, 0.6) is 0 Å². The number of rotatable bonds is 16. The Balaban J connectivity index is 0.856. The molecule has 0 amide bonds. The SMILES string of the molecule is [Cl][Ge]1([Cl])[n]2c3c4c(Nn5ccc6ccccc65)c5ccccc5c(Nn5ccc6ccccc65)c4c2N=C2N=C(N=c4c5c(Nn6ccc7ccccc76)c6ccccc6c(Nn6ccc7ccccc76)c5c([n]41)=NC1=NC(=N3)c3c1c(Nn1ccc4ccccc41)c1ccccc1c3Nn1ccc3ccccc31)c1c2c(Nn2ccc3ccccc32)c2ccccc2c1Nn1ccc2ccccc21. The average molecular weight is 1900 g/mol. The van der Waals surface area contributed by atoms with Gasteiger partial charge in [-0.1, -0.05) is 0 Å². The Morgan fingerprint density at radius 2 is 0.360 bits per heavy atom. The molecule has 0 saturated carbocycles. The molecule has 0 aliphatic carbocycles. The summed E-state index contributed by atoms with van der Waals surface area (Å²) in [4.78, 5) is 38.5. The van der Waals surface area contributed by atoms with Crippen LogP contribution in [0.4, 0.5) is 57.1 Å². The zero-order valence-electron chi connectivity index (χ0n) is 73.4. The number of halogens is 2. The molecule has 0 radical (unpaired) electrons. The van der Waals surface area contributed by atoms with E-state index in [-0.39, 0.29) is 23.3 Å². The summed E-state index contributed by atoms with van der Waals surface area (Å²) in [7, 11) is 19.8. The Morgan fingerprint density at radius 3 is 0.583 bits per heavy atom. The van der Waals surface area contributed by atoms with Gasteiger partial charge in [-0.3, -0.25) is 0 Å². The van der Waals surface area contributed by atoms with E-state index in [0.29, 0.717) is 112 Å². The third-order valence-corrected chi connectivity index (χ3v) is 35.5. The van der Waals surface area contributed by atoms with E-state index in [4.69, 9.17) is 30.0 Å². The molecule has 8 N–H and O–H groups in total. The van der Waals surface area contributed by atoms with Gasteiger partial charge in [-0.25, -0.2) is 0 Å². The Kier molecular flexibility index (Phi) is 16.3. The van der Waals surface area contributed by atoms with Crippen molar-refractivity contribution in [3.8, 4) is 0 Å². The Bertz CT molecular complexity index is 9650. The number of fused-ring (bicyclic) bond motifs is 26. The van der Waals surface area contributed by atoms with Crippen molar-refractivity contribution in [3.05, 3.63) is 423 Å². The molecule has 658 valence electrons. The predicted octanol–water partition coefficient (Wildman–Crippen LogP) is 25.1. The second kappa shape index (κ2) is 29.4. The molecule has 10 aromatic heterocycles. The van der Waals surface area contributed by atoms with E-state index in [1.807, 2.05) is 0 Å². The first kappa shape index (κ1) is 77.2. The van der Waals surface area contributed by atoms with Crippen LogP contribution in [0.15, 0.2) is 419 Å². The topological polar surface area (TPSA) is 220 Å². The van der Waals surface area contributed by atoms with Crippen molar-refractivity contribution in [2.75, 3.05) is 43.4 Å². The molecule has 0 saturated heterocycles. The van der Waals surface area contributed by atoms with Crippen LogP contribution in [0.3, 0.4) is 0 Å². The number of anilines is 8. The zero-order valence-corrected chi connectivity index (χ0v) is 77.0. The third-order valence-electron chi connectivity index (χ3n) is 28.0. The molecule has 6 bridgehead atoms. The van der Waals surface area contributed by atoms with E-state index in [2.05, 4.69) is 477 Å². The fourth-order valence-electron chi connectivity index (χ4n) is 21.7. The molecule has 30 rings (SSSR count). The fraction of sp³-hybridized carbons (Fsp3) is 0. The minimum absolute atomic E-state index is 0.268. The van der Waals surface area contributed by atoms with E-state index in [1.54, 1.807) is 0 Å². The third kappa shape index (κ3) is 11.4. The second-order valence-corrected chi connectivity index (χ2v) is 46.0. The summed E-state index contributed by atoms with van der Waals surface area (Å²) in [6.45, 7) is 0. The van der Waals surface area contributed by atoms with Crippen molar-refractivity contribution in [2.45, 2.75) is 0 Å². The first-order valence-electron chi connectivity index (χ1n) is 46.0. The monoisotopic (exact) mass is 1900 g/mol. The summed E-state index contributed by atoms with van der Waals surface area (Å²) >= 11 is -6.23. The molecule has 0 atom stereocenters. The summed E-state index contributed by atoms with van der Waals surface area (Å²) in [6, 6.07) is 118. The van der Waals surface area contributed by atoms with Crippen molar-refractivity contribution in [1.82, 2.24) is 44.5 Å². The van der Waals surface area contributed by atoms with Gasteiger partial charge >= 0.3 is 805 Å². The molecule has 0 spiro atoms. The number of nitrogens with one attached hydrogen (secondary N) is 8. The number of nitrogens with zero attached hydrogens (tertiary/aromatic N) is 16. The van der Waals surface area contributed by atoms with Gasteiger partial charge in [0.05, 0.1) is 0 Å². The van der Waals surface area contributed by atoms with Crippen LogP contribution in [0.25, 0.3) is 152 Å². The maximum absolute atomic E-state index is 9.91. The molecule has 4 aliphatic heterocycles. The van der Waals surface area contributed by atoms with Crippen molar-refractivity contribution in [1.29, 1.82) is 0 Å². The maximum atomic E-state index is 9.91. The van der Waals surface area contributed by atoms with Crippen molar-refractivity contribution < 1.29 is 0 Å². The van der Waals surface area contributed by atoms with Crippen LogP contribution < -0.4 is 54.4 Å². The van der Waals surface area contributed by atoms with E-state index in [9.17, 15) is 20.0 Å². The van der Waals surface area contributed by atoms with Crippen LogP contribution in [0.1, 0.15) is 22.3 Å². The molecular weight excluding hydrogens is 1820 g/mol. The van der Waals surface area contributed by atoms with Gasteiger partial charge in [0.2, 0.25) is 0 Å². The van der Waals surface area contributed by atoms with Gasteiger partial charge in [-0.15, -0.1) is 0 Å². The number of aromatic nitrogens is 10. The number of amidine groups is 4. The van der Waals surface area contributed by atoms with Crippen LogP contribution in [-0.2, 0) is 0 Å². The van der Waals surface area contributed by atoms with Crippen LogP contribution >= 0.6 is 20.0 Å². The second-order valence-electron chi connectivity index (χ2n) is 35.5. The van der Waals surface area contributed by atoms with Gasteiger partial charge < -0.3 is 0 Å². The quantitative estimate of drug-likeness (QED) is 0.0343. The van der Waals surface area contributed by atoms with Gasteiger partial charge in [-0.2, -0.15) is 0 Å². The summed E-state index contributed by atoms with van der Waals surface area (Å²) in [5.41, 5.74) is 48.7. The number of para-hydroxylation sites is 8. The number of benzene rings is 16. The average Bonchev–Trinajstić information content (AvgIpc) is 1.51. The summed E-state index contributed by atoms with van der Waals surface area (Å²) < 4.78 is 20.8. The molecule has 16 aromatic carbocycles. The van der Waals surface area contributed by atoms with E-state index < -0.39 is 11.9 Å². The van der Waals surface area contributed by atoms with E-state index in [1.165, 1.54) is 0 Å². The van der Waals surface area contributed by atoms with Crippen molar-refractivity contribution >= 4 is 264 Å². The Labute approximate surface area is 798 Å². The molecule has 0 unspecified atom stereocenters. The molecule has 4 aliphatic rings. The van der Waals surface area contributed by atoms with E-state index >= 15 is 0 Å². The Morgan fingerprint density at radius 1 is 0.180 bits per heavy atom. The first-order chi connectivity index (χ1) is 68.7. The number of aliphatic imine (C=N–C) groups is 4. The minimum atomic E-state index is -6.23. The summed E-state index contributed by atoms with van der Waals surface area (Å²) in [5, 5.41) is 17.0. The molecule has 139 heavy (non-hydrogen) atoms. The van der Waals surface area contributed by atoms with Crippen molar-refractivity contribution in [3.63, 3.8) is 0 Å². The van der Waals surface area contributed by atoms with Crippen LogP contribution in [0, 0.1) is 0 Å².